The summed E-state index contributed by atoms with van der Waals surface area (Å²) >= 11 is 6.36. The third-order valence-electron chi connectivity index (χ3n) is 11.5. The fraction of sp³-hybridized carbons (Fsp3) is 0.579. The zero-order chi connectivity index (χ0) is 39.0. The monoisotopic (exact) mass is 792 g/mol. The van der Waals surface area contributed by atoms with E-state index in [0.29, 0.717) is 17.9 Å². The number of benzene rings is 2. The minimum Gasteiger partial charge on any atom is -0.444 e. The van der Waals surface area contributed by atoms with E-state index in [0.717, 1.165) is 36.1 Å². The lowest BCUT2D eigenvalue weighted by molar-refractivity contribution is -0.145. The predicted molar refractivity (Wildman–Crippen MR) is 191 cm³/mol. The van der Waals surface area contributed by atoms with Crippen molar-refractivity contribution in [3.8, 4) is 0 Å². The zero-order valence-corrected chi connectivity index (χ0v) is 31.8. The number of alkyl halides is 3. The number of rotatable bonds is 10. The molecule has 3 aliphatic carbocycles. The Morgan fingerprint density at radius 3 is 2.35 bits per heavy atom. The first kappa shape index (κ1) is 38.4. The van der Waals surface area contributed by atoms with Gasteiger partial charge in [-0.3, -0.25) is 24.0 Å². The SMILES string of the molecule is CC(C)(C)[C@H](Cc1cccc(C(F)(F)F)c1)C(=O)N1C[C@H](OC(=O)N2Cc3cccc(Cl)c3C2)C[C@H]1C(=O)N[C@]1(C(=O)NS(=O)(=O)C2CC2)C[C@H]1C1CC1. The average Bonchev–Trinajstić information content (AvgIpc) is 4.01. The molecular formula is C38H44ClF3N4O7S. The maximum Gasteiger partial charge on any atom is 0.416 e. The molecule has 2 aromatic rings. The van der Waals surface area contributed by atoms with E-state index in [1.807, 2.05) is 6.07 Å². The molecule has 3 saturated carbocycles. The summed E-state index contributed by atoms with van der Waals surface area (Å²) < 4.78 is 74.5. The molecule has 4 amide bonds. The summed E-state index contributed by atoms with van der Waals surface area (Å²) in [5, 5.41) is 2.70. The van der Waals surface area contributed by atoms with Crippen LogP contribution in [0.15, 0.2) is 42.5 Å². The Kier molecular flexibility index (Phi) is 9.76. The average molecular weight is 793 g/mol. The van der Waals surface area contributed by atoms with Gasteiger partial charge in [0.25, 0.3) is 5.91 Å². The Labute approximate surface area is 317 Å². The molecule has 4 fully saturated rings. The van der Waals surface area contributed by atoms with Crippen molar-refractivity contribution in [2.75, 3.05) is 6.54 Å². The summed E-state index contributed by atoms with van der Waals surface area (Å²) in [6.07, 6.45) is -3.57. The van der Waals surface area contributed by atoms with Gasteiger partial charge in [0.15, 0.2) is 0 Å². The van der Waals surface area contributed by atoms with Gasteiger partial charge in [-0.1, -0.05) is 62.7 Å². The van der Waals surface area contributed by atoms with Crippen LogP contribution in [-0.2, 0) is 54.8 Å². The second-order valence-corrected chi connectivity index (χ2v) is 19.0. The van der Waals surface area contributed by atoms with E-state index in [2.05, 4.69) is 10.0 Å². The highest BCUT2D eigenvalue weighted by Gasteiger charge is 2.67. The molecule has 292 valence electrons. The summed E-state index contributed by atoms with van der Waals surface area (Å²) in [5.41, 5.74) is -1.17. The summed E-state index contributed by atoms with van der Waals surface area (Å²) in [7, 11) is -3.92. The van der Waals surface area contributed by atoms with Gasteiger partial charge in [-0.25, -0.2) is 13.2 Å². The van der Waals surface area contributed by atoms with Crippen LogP contribution in [0.5, 0.6) is 0 Å². The van der Waals surface area contributed by atoms with Crippen LogP contribution in [0, 0.1) is 23.2 Å². The van der Waals surface area contributed by atoms with Gasteiger partial charge in [-0.15, -0.1) is 0 Å². The van der Waals surface area contributed by atoms with E-state index in [-0.39, 0.29) is 56.3 Å². The number of hydrogen-bond donors (Lipinski definition) is 2. The molecule has 16 heteroatoms. The predicted octanol–water partition coefficient (Wildman–Crippen LogP) is 5.58. The lowest BCUT2D eigenvalue weighted by atomic mass is 9.76. The molecule has 5 aliphatic rings. The number of nitrogens with zero attached hydrogens (tertiary/aromatic N) is 2. The van der Waals surface area contributed by atoms with Crippen molar-refractivity contribution in [2.24, 2.45) is 23.2 Å². The molecule has 0 unspecified atom stereocenters. The number of carbonyl (C=O) groups is 4. The topological polar surface area (TPSA) is 142 Å². The highest BCUT2D eigenvalue weighted by Crippen LogP contribution is 2.57. The van der Waals surface area contributed by atoms with Gasteiger partial charge in [-0.2, -0.15) is 13.2 Å². The molecule has 0 spiro atoms. The maximum atomic E-state index is 14.6. The second-order valence-electron chi connectivity index (χ2n) is 16.6. The molecule has 0 radical (unpaired) electrons. The van der Waals surface area contributed by atoms with E-state index < -0.39 is 79.8 Å². The molecule has 11 nitrogen and oxygen atoms in total. The van der Waals surface area contributed by atoms with E-state index >= 15 is 0 Å². The Balaban J connectivity index is 1.14. The van der Waals surface area contributed by atoms with Crippen LogP contribution in [0.25, 0.3) is 0 Å². The number of fused-ring (bicyclic) bond motifs is 1. The van der Waals surface area contributed by atoms with Crippen LogP contribution in [0.4, 0.5) is 18.0 Å². The highest BCUT2D eigenvalue weighted by atomic mass is 35.5. The Morgan fingerprint density at radius 1 is 1.02 bits per heavy atom. The quantitative estimate of drug-likeness (QED) is 0.320. The molecule has 2 heterocycles. The van der Waals surface area contributed by atoms with Crippen molar-refractivity contribution < 1.29 is 45.5 Å². The summed E-state index contributed by atoms with van der Waals surface area (Å²) in [6.45, 7) is 5.63. The van der Waals surface area contributed by atoms with Crippen molar-refractivity contribution in [1.82, 2.24) is 19.8 Å². The number of amides is 4. The molecule has 2 aliphatic heterocycles. The minimum atomic E-state index is -4.59. The molecule has 2 N–H and O–H groups in total. The van der Waals surface area contributed by atoms with Gasteiger partial charge in [0, 0.05) is 23.9 Å². The van der Waals surface area contributed by atoms with Crippen molar-refractivity contribution in [3.63, 3.8) is 0 Å². The Bertz CT molecular complexity index is 1980. The van der Waals surface area contributed by atoms with Crippen LogP contribution in [0.1, 0.15) is 81.5 Å². The maximum absolute atomic E-state index is 14.6. The fourth-order valence-electron chi connectivity index (χ4n) is 7.98. The molecule has 54 heavy (non-hydrogen) atoms. The van der Waals surface area contributed by atoms with Gasteiger partial charge in [0.2, 0.25) is 21.8 Å². The highest BCUT2D eigenvalue weighted by molar-refractivity contribution is 7.91. The summed E-state index contributed by atoms with van der Waals surface area (Å²) in [5.74, 6) is -3.06. The van der Waals surface area contributed by atoms with Gasteiger partial charge in [0.1, 0.15) is 17.7 Å². The molecule has 7 rings (SSSR count). The smallest absolute Gasteiger partial charge is 0.416 e. The zero-order valence-electron chi connectivity index (χ0n) is 30.2. The normalized spacial score (nSPS) is 25.9. The molecular weight excluding hydrogens is 749 g/mol. The molecule has 0 bridgehead atoms. The first-order valence-corrected chi connectivity index (χ1v) is 20.3. The number of nitrogens with one attached hydrogen (secondary N) is 2. The Hall–Kier alpha value is -3.85. The lowest BCUT2D eigenvalue weighted by Gasteiger charge is -2.35. The van der Waals surface area contributed by atoms with Gasteiger partial charge in [0.05, 0.1) is 23.9 Å². The number of halogens is 4. The molecule has 1 saturated heterocycles. The third kappa shape index (κ3) is 7.80. The number of sulfonamides is 1. The first-order valence-electron chi connectivity index (χ1n) is 18.3. The molecule has 2 aromatic carbocycles. The van der Waals surface area contributed by atoms with Gasteiger partial charge < -0.3 is 15.0 Å². The van der Waals surface area contributed by atoms with Crippen LogP contribution in [-0.4, -0.2) is 71.5 Å². The number of ether oxygens (including phenoxy) is 1. The van der Waals surface area contributed by atoms with E-state index in [1.165, 1.54) is 21.9 Å². The lowest BCUT2D eigenvalue weighted by Crippen LogP contribution is -2.57. The van der Waals surface area contributed by atoms with Crippen molar-refractivity contribution in [2.45, 2.75) is 108 Å². The van der Waals surface area contributed by atoms with E-state index in [1.54, 1.807) is 32.9 Å². The van der Waals surface area contributed by atoms with Crippen molar-refractivity contribution in [1.29, 1.82) is 0 Å². The number of hydrogen-bond acceptors (Lipinski definition) is 7. The summed E-state index contributed by atoms with van der Waals surface area (Å²) in [6, 6.07) is 8.91. The van der Waals surface area contributed by atoms with Gasteiger partial charge >= 0.3 is 12.3 Å². The summed E-state index contributed by atoms with van der Waals surface area (Å²) in [4.78, 5) is 58.9. The first-order chi connectivity index (χ1) is 25.3. The number of likely N-dealkylation sites (tertiary alicyclic amines) is 1. The van der Waals surface area contributed by atoms with E-state index in [9.17, 15) is 40.8 Å². The standard InChI is InChI=1S/C38H44ClF3N4O7S/c1-36(2,3)28(15-21-6-4-8-24(14-21)38(40,41)42)33(48)46-19-25(53-35(50)45-18-23-7-5-9-30(39)27(23)20-45)16-31(46)32(47)43-37(17-29(37)22-10-11-22)34(49)44-54(51,52)26-12-13-26/h4-9,14,22,25-26,28-29,31H,10-13,15-20H2,1-3H3,(H,43,47)(H,44,49)/t25-,28-,29+,31+,37-/m1/s1. The largest absolute Gasteiger partial charge is 0.444 e. The second kappa shape index (κ2) is 13.7. The van der Waals surface area contributed by atoms with Crippen LogP contribution >= 0.6 is 11.6 Å². The van der Waals surface area contributed by atoms with Crippen molar-refractivity contribution in [3.05, 3.63) is 69.7 Å². The van der Waals surface area contributed by atoms with Crippen LogP contribution in [0.3, 0.4) is 0 Å². The fourth-order valence-corrected chi connectivity index (χ4v) is 9.60. The van der Waals surface area contributed by atoms with Crippen LogP contribution in [0.2, 0.25) is 5.02 Å². The minimum absolute atomic E-state index is 0.0660. The number of carbonyl (C=O) groups excluding carboxylic acids is 4. The molecule has 5 atom stereocenters. The molecule has 0 aromatic heterocycles. The Morgan fingerprint density at radius 2 is 1.72 bits per heavy atom. The van der Waals surface area contributed by atoms with Gasteiger partial charge in [-0.05, 0) is 84.6 Å². The van der Waals surface area contributed by atoms with E-state index in [4.69, 9.17) is 16.3 Å². The third-order valence-corrected chi connectivity index (χ3v) is 13.7. The van der Waals surface area contributed by atoms with Crippen LogP contribution < -0.4 is 10.0 Å². The van der Waals surface area contributed by atoms with Crippen molar-refractivity contribution >= 4 is 45.4 Å².